The SMILES string of the molecule is Cln1cc(Br)c2ccccc21. The lowest BCUT2D eigenvalue weighted by molar-refractivity contribution is 1.32. The number of aromatic nitrogens is 1. The van der Waals surface area contributed by atoms with Gasteiger partial charge in [-0.15, -0.1) is 0 Å². The summed E-state index contributed by atoms with van der Waals surface area (Å²) >= 11 is 9.28. The summed E-state index contributed by atoms with van der Waals surface area (Å²) in [4.78, 5) is 0. The molecule has 1 aromatic heterocycles. The fourth-order valence-corrected chi connectivity index (χ4v) is 2.00. The van der Waals surface area contributed by atoms with E-state index in [-0.39, 0.29) is 0 Å². The van der Waals surface area contributed by atoms with Crippen LogP contribution >= 0.6 is 27.7 Å². The third-order valence-corrected chi connectivity index (χ3v) is 2.53. The van der Waals surface area contributed by atoms with Crippen molar-refractivity contribution in [3.63, 3.8) is 0 Å². The van der Waals surface area contributed by atoms with Crippen LogP contribution in [0.25, 0.3) is 10.9 Å². The fraction of sp³-hybridized carbons (Fsp3) is 0. The summed E-state index contributed by atoms with van der Waals surface area (Å²) in [5.41, 5.74) is 1.03. The van der Waals surface area contributed by atoms with Crippen molar-refractivity contribution >= 4 is 38.6 Å². The van der Waals surface area contributed by atoms with Crippen molar-refractivity contribution in [2.45, 2.75) is 0 Å². The van der Waals surface area contributed by atoms with E-state index in [4.69, 9.17) is 11.8 Å². The lowest BCUT2D eigenvalue weighted by atomic mass is 10.3. The Hall–Kier alpha value is -0.470. The molecule has 0 aliphatic heterocycles. The zero-order valence-electron chi connectivity index (χ0n) is 5.59. The molecule has 11 heavy (non-hydrogen) atoms. The summed E-state index contributed by atoms with van der Waals surface area (Å²) in [6, 6.07) is 7.96. The highest BCUT2D eigenvalue weighted by molar-refractivity contribution is 9.10. The van der Waals surface area contributed by atoms with E-state index in [2.05, 4.69) is 15.9 Å². The van der Waals surface area contributed by atoms with Gasteiger partial charge in [0.05, 0.1) is 5.52 Å². The summed E-state index contributed by atoms with van der Waals surface area (Å²) in [6.45, 7) is 0. The number of para-hydroxylation sites is 1. The van der Waals surface area contributed by atoms with Crippen molar-refractivity contribution in [2.24, 2.45) is 0 Å². The number of hydrogen-bond acceptors (Lipinski definition) is 0. The van der Waals surface area contributed by atoms with Crippen LogP contribution in [0.1, 0.15) is 0 Å². The third kappa shape index (κ3) is 1.06. The monoisotopic (exact) mass is 229 g/mol. The molecule has 1 nitrogen and oxygen atoms in total. The molecule has 0 atom stereocenters. The van der Waals surface area contributed by atoms with Gasteiger partial charge in [-0.1, -0.05) is 18.2 Å². The second-order valence-electron chi connectivity index (χ2n) is 2.31. The van der Waals surface area contributed by atoms with E-state index in [9.17, 15) is 0 Å². The number of hydrogen-bond donors (Lipinski definition) is 0. The van der Waals surface area contributed by atoms with Gasteiger partial charge in [0.1, 0.15) is 0 Å². The van der Waals surface area contributed by atoms with Gasteiger partial charge in [-0.05, 0) is 22.0 Å². The van der Waals surface area contributed by atoms with E-state index in [1.165, 1.54) is 0 Å². The molecule has 0 saturated heterocycles. The average Bonchev–Trinajstić information content (AvgIpc) is 2.30. The molecule has 0 radical (unpaired) electrons. The number of nitrogens with zero attached hydrogens (tertiary/aromatic N) is 1. The van der Waals surface area contributed by atoms with Crippen LogP contribution < -0.4 is 0 Å². The molecule has 0 unspecified atom stereocenters. The molecule has 0 fully saturated rings. The van der Waals surface area contributed by atoms with E-state index in [0.29, 0.717) is 0 Å². The molecular weight excluding hydrogens is 225 g/mol. The predicted molar refractivity (Wildman–Crippen MR) is 50.9 cm³/mol. The van der Waals surface area contributed by atoms with Crippen molar-refractivity contribution in [1.29, 1.82) is 0 Å². The Morgan fingerprint density at radius 2 is 2.00 bits per heavy atom. The predicted octanol–water partition coefficient (Wildman–Crippen LogP) is 3.41. The molecule has 0 bridgehead atoms. The van der Waals surface area contributed by atoms with E-state index in [0.717, 1.165) is 15.4 Å². The molecule has 0 aliphatic carbocycles. The molecule has 0 N–H and O–H groups in total. The van der Waals surface area contributed by atoms with E-state index in [1.807, 2.05) is 30.5 Å². The van der Waals surface area contributed by atoms with Gasteiger partial charge in [0, 0.05) is 27.8 Å². The van der Waals surface area contributed by atoms with Crippen LogP contribution in [-0.4, -0.2) is 4.09 Å². The molecule has 0 saturated carbocycles. The van der Waals surface area contributed by atoms with Crippen molar-refractivity contribution in [3.05, 3.63) is 34.9 Å². The Morgan fingerprint density at radius 3 is 2.73 bits per heavy atom. The molecule has 1 heterocycles. The summed E-state index contributed by atoms with van der Waals surface area (Å²) < 4.78 is 2.61. The molecule has 0 aliphatic rings. The Bertz CT molecular complexity index is 358. The fourth-order valence-electron chi connectivity index (χ4n) is 1.10. The molecular formula is C8H5BrClN. The Morgan fingerprint density at radius 1 is 1.27 bits per heavy atom. The molecule has 56 valence electrons. The Labute approximate surface area is 77.8 Å². The van der Waals surface area contributed by atoms with Gasteiger partial charge in [0.2, 0.25) is 0 Å². The maximum absolute atomic E-state index is 5.86. The lowest BCUT2D eigenvalue weighted by Gasteiger charge is -1.89. The van der Waals surface area contributed by atoms with Gasteiger partial charge < -0.3 is 0 Å². The molecule has 1 aromatic carbocycles. The standard InChI is InChI=1S/C8H5BrClN/c9-7-5-11(10)8-4-2-1-3-6(7)8/h1-5H. The summed E-state index contributed by atoms with van der Waals surface area (Å²) in [5, 5.41) is 1.14. The molecule has 2 rings (SSSR count). The van der Waals surface area contributed by atoms with Crippen LogP contribution in [0.15, 0.2) is 34.9 Å². The first-order valence-electron chi connectivity index (χ1n) is 3.21. The average molecular weight is 230 g/mol. The van der Waals surface area contributed by atoms with Gasteiger partial charge in [0.25, 0.3) is 0 Å². The second-order valence-corrected chi connectivity index (χ2v) is 3.52. The summed E-state index contributed by atoms with van der Waals surface area (Å²) in [6.07, 6.45) is 1.84. The highest BCUT2D eigenvalue weighted by atomic mass is 79.9. The second kappa shape index (κ2) is 2.54. The van der Waals surface area contributed by atoms with Crippen LogP contribution in [-0.2, 0) is 0 Å². The minimum Gasteiger partial charge on any atom is -0.259 e. The quantitative estimate of drug-likeness (QED) is 0.654. The van der Waals surface area contributed by atoms with E-state index < -0.39 is 0 Å². The molecule has 2 aromatic rings. The van der Waals surface area contributed by atoms with Crippen molar-refractivity contribution < 1.29 is 0 Å². The van der Waals surface area contributed by atoms with Gasteiger partial charge in [-0.25, -0.2) is 0 Å². The maximum atomic E-state index is 5.86. The first-order valence-corrected chi connectivity index (χ1v) is 4.34. The van der Waals surface area contributed by atoms with Gasteiger partial charge >= 0.3 is 0 Å². The highest BCUT2D eigenvalue weighted by Crippen LogP contribution is 2.26. The molecule has 0 amide bonds. The van der Waals surface area contributed by atoms with Crippen LogP contribution in [0.5, 0.6) is 0 Å². The summed E-state index contributed by atoms with van der Waals surface area (Å²) in [7, 11) is 0. The summed E-state index contributed by atoms with van der Waals surface area (Å²) in [5.74, 6) is 0. The number of benzene rings is 1. The minimum absolute atomic E-state index is 1.03. The number of fused-ring (bicyclic) bond motifs is 1. The van der Waals surface area contributed by atoms with Crippen molar-refractivity contribution in [3.8, 4) is 0 Å². The van der Waals surface area contributed by atoms with Crippen LogP contribution in [0.3, 0.4) is 0 Å². The maximum Gasteiger partial charge on any atom is 0.0659 e. The van der Waals surface area contributed by atoms with Gasteiger partial charge in [-0.2, -0.15) is 0 Å². The van der Waals surface area contributed by atoms with E-state index >= 15 is 0 Å². The van der Waals surface area contributed by atoms with Crippen LogP contribution in [0.4, 0.5) is 0 Å². The lowest BCUT2D eigenvalue weighted by Crippen LogP contribution is -1.72. The third-order valence-electron chi connectivity index (χ3n) is 1.62. The van der Waals surface area contributed by atoms with Crippen LogP contribution in [0.2, 0.25) is 0 Å². The first-order chi connectivity index (χ1) is 5.29. The van der Waals surface area contributed by atoms with Crippen LogP contribution in [0, 0.1) is 0 Å². The van der Waals surface area contributed by atoms with E-state index in [1.54, 1.807) is 4.09 Å². The highest BCUT2D eigenvalue weighted by Gasteiger charge is 2.02. The number of halogens is 2. The normalized spacial score (nSPS) is 10.7. The zero-order chi connectivity index (χ0) is 7.84. The first kappa shape index (κ1) is 7.19. The van der Waals surface area contributed by atoms with Gasteiger partial charge in [-0.3, -0.25) is 4.09 Å². The Kier molecular flexibility index (Phi) is 1.66. The Balaban J connectivity index is 2.95. The van der Waals surface area contributed by atoms with Crippen molar-refractivity contribution in [1.82, 2.24) is 4.09 Å². The van der Waals surface area contributed by atoms with Crippen molar-refractivity contribution in [2.75, 3.05) is 0 Å². The molecule has 0 spiro atoms. The van der Waals surface area contributed by atoms with Gasteiger partial charge in [0.15, 0.2) is 0 Å². The minimum atomic E-state index is 1.03. The number of rotatable bonds is 0. The smallest absolute Gasteiger partial charge is 0.0659 e. The molecule has 3 heteroatoms. The topological polar surface area (TPSA) is 4.93 Å². The zero-order valence-corrected chi connectivity index (χ0v) is 7.93. The largest absolute Gasteiger partial charge is 0.259 e.